The molecule has 0 bridgehead atoms. The zero-order valence-corrected chi connectivity index (χ0v) is 17.1. The summed E-state index contributed by atoms with van der Waals surface area (Å²) >= 11 is 1.75. The van der Waals surface area contributed by atoms with E-state index in [-0.39, 0.29) is 6.61 Å². The molecular weight excluding hydrogens is 364 g/mol. The molecule has 0 atom stereocenters. The molecule has 4 rings (SSSR count). The lowest BCUT2D eigenvalue weighted by Crippen LogP contribution is -2.36. The number of aromatic nitrogens is 1. The Hall–Kier alpha value is -2.69. The van der Waals surface area contributed by atoms with Crippen molar-refractivity contribution in [2.45, 2.75) is 26.4 Å². The van der Waals surface area contributed by atoms with Crippen LogP contribution >= 0.6 is 11.3 Å². The first-order chi connectivity index (χ1) is 13.7. The number of aliphatic hydroxyl groups is 1. The second kappa shape index (κ2) is 8.13. The number of rotatable bonds is 5. The minimum atomic E-state index is 0.133. The normalized spacial score (nSPS) is 15.3. The van der Waals surface area contributed by atoms with Gasteiger partial charge in [-0.25, -0.2) is 0 Å². The highest BCUT2D eigenvalue weighted by atomic mass is 32.1. The van der Waals surface area contributed by atoms with Crippen molar-refractivity contribution in [3.8, 4) is 0 Å². The van der Waals surface area contributed by atoms with Crippen molar-refractivity contribution in [2.75, 3.05) is 11.5 Å². The molecule has 1 aromatic heterocycles. The van der Waals surface area contributed by atoms with Crippen LogP contribution in [-0.4, -0.2) is 17.8 Å². The standard InChI is InChI=1S/C24H25N2OS/c1-18(2)25-15-14-19(20-9-3-4-10-21(20)25)8-7-13-24-26(16-17-27)22-11-5-6-12-23(22)28-24/h3-15,18,27H,16-17H2,1-2H3/q+1. The van der Waals surface area contributed by atoms with Gasteiger partial charge in [0.15, 0.2) is 6.54 Å². The lowest BCUT2D eigenvalue weighted by Gasteiger charge is -2.30. The van der Waals surface area contributed by atoms with Gasteiger partial charge in [-0.05, 0) is 37.6 Å². The lowest BCUT2D eigenvalue weighted by molar-refractivity contribution is -0.670. The number of fused-ring (bicyclic) bond motifs is 2. The van der Waals surface area contributed by atoms with Crippen LogP contribution in [0.15, 0.2) is 73.0 Å². The summed E-state index contributed by atoms with van der Waals surface area (Å²) < 4.78 is 3.42. The third-order valence-electron chi connectivity index (χ3n) is 4.94. The van der Waals surface area contributed by atoms with Gasteiger partial charge in [0.25, 0.3) is 5.01 Å². The molecule has 3 aromatic rings. The Labute approximate surface area is 170 Å². The first-order valence-electron chi connectivity index (χ1n) is 9.65. The number of anilines is 1. The quantitative estimate of drug-likeness (QED) is 0.621. The molecule has 0 saturated carbocycles. The average molecular weight is 390 g/mol. The van der Waals surface area contributed by atoms with Crippen LogP contribution in [0.5, 0.6) is 0 Å². The molecule has 0 amide bonds. The summed E-state index contributed by atoms with van der Waals surface area (Å²) in [6.07, 6.45) is 10.8. The minimum absolute atomic E-state index is 0.133. The molecule has 0 fully saturated rings. The van der Waals surface area contributed by atoms with Crippen LogP contribution in [0.3, 0.4) is 0 Å². The fourth-order valence-electron chi connectivity index (χ4n) is 3.61. The topological polar surface area (TPSA) is 27.4 Å². The van der Waals surface area contributed by atoms with Gasteiger partial charge >= 0.3 is 0 Å². The first kappa shape index (κ1) is 18.7. The fraction of sp³-hybridized carbons (Fsp3) is 0.208. The molecule has 28 heavy (non-hydrogen) atoms. The fourth-order valence-corrected chi connectivity index (χ4v) is 4.71. The summed E-state index contributed by atoms with van der Waals surface area (Å²) in [5.41, 5.74) is 4.88. The Kier molecular flexibility index (Phi) is 5.42. The predicted molar refractivity (Wildman–Crippen MR) is 119 cm³/mol. The Bertz CT molecular complexity index is 1080. The minimum Gasteiger partial charge on any atom is -0.390 e. The molecule has 2 heterocycles. The van der Waals surface area contributed by atoms with Crippen molar-refractivity contribution >= 4 is 38.9 Å². The van der Waals surface area contributed by atoms with Gasteiger partial charge in [0.1, 0.15) is 11.3 Å². The highest BCUT2D eigenvalue weighted by Gasteiger charge is 2.18. The van der Waals surface area contributed by atoms with Gasteiger partial charge in [0, 0.05) is 35.6 Å². The molecule has 1 aliphatic rings. The maximum absolute atomic E-state index is 9.46. The zero-order valence-electron chi connectivity index (χ0n) is 16.2. The van der Waals surface area contributed by atoms with E-state index in [0.717, 1.165) is 5.01 Å². The van der Waals surface area contributed by atoms with Crippen LogP contribution in [0.4, 0.5) is 5.69 Å². The average Bonchev–Trinajstić information content (AvgIpc) is 3.06. The van der Waals surface area contributed by atoms with Gasteiger partial charge in [-0.3, -0.25) is 0 Å². The van der Waals surface area contributed by atoms with E-state index in [1.165, 1.54) is 27.0 Å². The maximum atomic E-state index is 9.46. The highest BCUT2D eigenvalue weighted by molar-refractivity contribution is 7.18. The molecule has 0 aliphatic carbocycles. The molecule has 2 aromatic carbocycles. The molecule has 0 saturated heterocycles. The van der Waals surface area contributed by atoms with Crippen LogP contribution < -0.4 is 9.47 Å². The van der Waals surface area contributed by atoms with E-state index in [2.05, 4.69) is 96.3 Å². The highest BCUT2D eigenvalue weighted by Crippen LogP contribution is 2.34. The maximum Gasteiger partial charge on any atom is 0.262 e. The number of para-hydroxylation sites is 2. The van der Waals surface area contributed by atoms with Crippen molar-refractivity contribution in [3.05, 3.63) is 83.5 Å². The molecule has 0 spiro atoms. The third kappa shape index (κ3) is 3.53. The summed E-state index contributed by atoms with van der Waals surface area (Å²) in [6, 6.07) is 17.3. The van der Waals surface area contributed by atoms with Crippen molar-refractivity contribution in [3.63, 3.8) is 0 Å². The van der Waals surface area contributed by atoms with Crippen molar-refractivity contribution < 1.29 is 9.67 Å². The molecule has 0 unspecified atom stereocenters. The number of thiazole rings is 1. The van der Waals surface area contributed by atoms with Crippen LogP contribution in [0.1, 0.15) is 24.4 Å². The summed E-state index contributed by atoms with van der Waals surface area (Å²) in [4.78, 5) is 2.30. The summed E-state index contributed by atoms with van der Waals surface area (Å²) in [7, 11) is 0. The third-order valence-corrected chi connectivity index (χ3v) is 6.07. The summed E-state index contributed by atoms with van der Waals surface area (Å²) in [5.74, 6) is 0. The molecule has 142 valence electrons. The zero-order chi connectivity index (χ0) is 19.5. The van der Waals surface area contributed by atoms with Crippen molar-refractivity contribution in [2.24, 2.45) is 0 Å². The van der Waals surface area contributed by atoms with Crippen LogP contribution in [0, 0.1) is 0 Å². The van der Waals surface area contributed by atoms with Gasteiger partial charge in [0.05, 0.1) is 0 Å². The van der Waals surface area contributed by atoms with E-state index >= 15 is 0 Å². The van der Waals surface area contributed by atoms with E-state index in [9.17, 15) is 5.11 Å². The molecule has 0 radical (unpaired) electrons. The largest absolute Gasteiger partial charge is 0.390 e. The molecule has 3 nitrogen and oxygen atoms in total. The van der Waals surface area contributed by atoms with Gasteiger partial charge in [-0.2, -0.15) is 4.57 Å². The first-order valence-corrected chi connectivity index (χ1v) is 10.5. The van der Waals surface area contributed by atoms with E-state index in [4.69, 9.17) is 0 Å². The van der Waals surface area contributed by atoms with Crippen molar-refractivity contribution in [1.29, 1.82) is 0 Å². The SMILES string of the molecule is CC(C)N1C=C/C(=C\C=C\c2sc3ccccc3[n+]2CCO)c2ccccc21. The Morgan fingerprint density at radius 2 is 1.89 bits per heavy atom. The van der Waals surface area contributed by atoms with Crippen LogP contribution in [0.25, 0.3) is 21.9 Å². The predicted octanol–water partition coefficient (Wildman–Crippen LogP) is 5.02. The second-order valence-electron chi connectivity index (χ2n) is 7.10. The summed E-state index contributed by atoms with van der Waals surface area (Å²) in [6.45, 7) is 5.15. The molecule has 4 heteroatoms. The smallest absolute Gasteiger partial charge is 0.262 e. The second-order valence-corrected chi connectivity index (χ2v) is 8.16. The van der Waals surface area contributed by atoms with Gasteiger partial charge in [-0.15, -0.1) is 0 Å². The number of nitrogens with zero attached hydrogens (tertiary/aromatic N) is 2. The number of benzene rings is 2. The molecular formula is C24H25N2OS+. The number of aliphatic hydroxyl groups excluding tert-OH is 1. The number of hydrogen-bond donors (Lipinski definition) is 1. The summed E-state index contributed by atoms with van der Waals surface area (Å²) in [5, 5.41) is 10.6. The van der Waals surface area contributed by atoms with E-state index in [1.807, 2.05) is 6.07 Å². The Morgan fingerprint density at radius 3 is 2.71 bits per heavy atom. The van der Waals surface area contributed by atoms with Crippen LogP contribution in [0.2, 0.25) is 0 Å². The number of allylic oxidation sites excluding steroid dienone is 4. The Morgan fingerprint density at radius 1 is 1.11 bits per heavy atom. The molecule has 1 aliphatic heterocycles. The van der Waals surface area contributed by atoms with Gasteiger partial charge in [0.2, 0.25) is 5.52 Å². The number of hydrogen-bond acceptors (Lipinski definition) is 3. The van der Waals surface area contributed by atoms with E-state index < -0.39 is 0 Å². The molecule has 1 N–H and O–H groups in total. The van der Waals surface area contributed by atoms with E-state index in [1.54, 1.807) is 11.3 Å². The van der Waals surface area contributed by atoms with Crippen LogP contribution in [-0.2, 0) is 6.54 Å². The van der Waals surface area contributed by atoms with E-state index in [0.29, 0.717) is 12.6 Å². The van der Waals surface area contributed by atoms with Gasteiger partial charge < -0.3 is 10.0 Å². The van der Waals surface area contributed by atoms with Crippen molar-refractivity contribution in [1.82, 2.24) is 0 Å². The lowest BCUT2D eigenvalue weighted by atomic mass is 9.98. The monoisotopic (exact) mass is 389 g/mol. The van der Waals surface area contributed by atoms with Gasteiger partial charge in [-0.1, -0.05) is 53.8 Å². The Balaban J connectivity index is 1.68.